The maximum Gasteiger partial charge on any atom is 0.255 e. The number of halogens is 1. The summed E-state index contributed by atoms with van der Waals surface area (Å²) in [7, 11) is 0. The average Bonchev–Trinajstić information content (AvgIpc) is 2.61. The average molecular weight is 403 g/mol. The van der Waals surface area contributed by atoms with Gasteiger partial charge in [0, 0.05) is 34.4 Å². The van der Waals surface area contributed by atoms with Gasteiger partial charge in [-0.15, -0.1) is 0 Å². The van der Waals surface area contributed by atoms with Crippen LogP contribution in [0.15, 0.2) is 53.0 Å². The molecule has 0 spiro atoms. The lowest BCUT2D eigenvalue weighted by atomic mass is 10.1. The van der Waals surface area contributed by atoms with Crippen LogP contribution in [0.4, 0.5) is 5.69 Å². The molecule has 1 N–H and O–H groups in total. The molecule has 5 heteroatoms. The Bertz CT molecular complexity index is 723. The summed E-state index contributed by atoms with van der Waals surface area (Å²) in [5.41, 5.74) is 1.88. The van der Waals surface area contributed by atoms with Gasteiger partial charge >= 0.3 is 0 Å². The first-order chi connectivity index (χ1) is 12.0. The second-order valence-corrected chi connectivity index (χ2v) is 6.75. The number of nitrogens with zero attached hydrogens (tertiary/aromatic N) is 1. The van der Waals surface area contributed by atoms with Crippen LogP contribution in [-0.4, -0.2) is 29.8 Å². The van der Waals surface area contributed by atoms with Crippen molar-refractivity contribution in [2.24, 2.45) is 0 Å². The van der Waals surface area contributed by atoms with Gasteiger partial charge in [-0.25, -0.2) is 0 Å². The smallest absolute Gasteiger partial charge is 0.255 e. The Labute approximate surface area is 157 Å². The second-order valence-electron chi connectivity index (χ2n) is 5.83. The number of carbonyl (C=O) groups excluding carboxylic acids is 2. The van der Waals surface area contributed by atoms with Crippen LogP contribution in [0.3, 0.4) is 0 Å². The Hall–Kier alpha value is -2.14. The number of hydrogen-bond donors (Lipinski definition) is 1. The molecule has 2 aromatic carbocycles. The molecule has 25 heavy (non-hydrogen) atoms. The Balaban J connectivity index is 2.06. The number of hydrogen-bond acceptors (Lipinski definition) is 2. The lowest BCUT2D eigenvalue weighted by molar-refractivity contribution is 0.0755. The number of rotatable bonds is 7. The fourth-order valence-electron chi connectivity index (χ4n) is 2.57. The lowest BCUT2D eigenvalue weighted by Gasteiger charge is -2.21. The highest BCUT2D eigenvalue weighted by atomic mass is 79.9. The van der Waals surface area contributed by atoms with Crippen LogP contribution in [0, 0.1) is 0 Å². The monoisotopic (exact) mass is 402 g/mol. The third-order valence-corrected chi connectivity index (χ3v) is 4.24. The first-order valence-electron chi connectivity index (χ1n) is 8.51. The number of nitrogens with one attached hydrogen (secondary N) is 1. The number of carbonyl (C=O) groups is 2. The maximum absolute atomic E-state index is 12.6. The molecule has 0 unspecified atom stereocenters. The van der Waals surface area contributed by atoms with Crippen LogP contribution in [0.2, 0.25) is 0 Å². The van der Waals surface area contributed by atoms with Gasteiger partial charge in [-0.2, -0.15) is 0 Å². The standard InChI is InChI=1S/C20H23BrN2O2/c1-3-12-23(13-4-2)20(25)15-8-10-18(11-9-15)22-19(24)16-6-5-7-17(21)14-16/h5-11,14H,3-4,12-13H2,1-2H3,(H,22,24). The zero-order valence-electron chi connectivity index (χ0n) is 14.6. The summed E-state index contributed by atoms with van der Waals surface area (Å²) >= 11 is 3.36. The van der Waals surface area contributed by atoms with Crippen molar-refractivity contribution in [3.8, 4) is 0 Å². The molecule has 0 radical (unpaired) electrons. The van der Waals surface area contributed by atoms with Crippen molar-refractivity contribution in [1.29, 1.82) is 0 Å². The minimum absolute atomic E-state index is 0.0357. The van der Waals surface area contributed by atoms with E-state index >= 15 is 0 Å². The zero-order valence-corrected chi connectivity index (χ0v) is 16.2. The van der Waals surface area contributed by atoms with Gasteiger partial charge in [0.05, 0.1) is 0 Å². The molecule has 0 atom stereocenters. The summed E-state index contributed by atoms with van der Waals surface area (Å²) in [6.45, 7) is 5.65. The van der Waals surface area contributed by atoms with Crippen LogP contribution in [-0.2, 0) is 0 Å². The van der Waals surface area contributed by atoms with Crippen molar-refractivity contribution >= 4 is 33.4 Å². The van der Waals surface area contributed by atoms with Crippen molar-refractivity contribution in [2.45, 2.75) is 26.7 Å². The van der Waals surface area contributed by atoms with E-state index in [1.807, 2.05) is 17.0 Å². The van der Waals surface area contributed by atoms with Crippen molar-refractivity contribution < 1.29 is 9.59 Å². The van der Waals surface area contributed by atoms with Crippen LogP contribution in [0.25, 0.3) is 0 Å². The molecule has 0 aliphatic rings. The first kappa shape index (κ1) is 19.2. The van der Waals surface area contributed by atoms with Gasteiger partial charge in [-0.05, 0) is 55.3 Å². The highest BCUT2D eigenvalue weighted by Crippen LogP contribution is 2.16. The van der Waals surface area contributed by atoms with Gasteiger partial charge in [0.25, 0.3) is 11.8 Å². The molecule has 0 fully saturated rings. The van der Waals surface area contributed by atoms with Gasteiger partial charge in [0.2, 0.25) is 0 Å². The Kier molecular flexibility index (Phi) is 7.19. The topological polar surface area (TPSA) is 49.4 Å². The van der Waals surface area contributed by atoms with Gasteiger partial charge < -0.3 is 10.2 Å². The minimum atomic E-state index is -0.182. The van der Waals surface area contributed by atoms with E-state index in [9.17, 15) is 9.59 Å². The van der Waals surface area contributed by atoms with E-state index in [0.29, 0.717) is 16.8 Å². The molecule has 4 nitrogen and oxygen atoms in total. The molecule has 2 rings (SSSR count). The van der Waals surface area contributed by atoms with Crippen LogP contribution in [0.1, 0.15) is 47.4 Å². The molecule has 0 aliphatic carbocycles. The summed E-state index contributed by atoms with van der Waals surface area (Å²) < 4.78 is 0.855. The highest BCUT2D eigenvalue weighted by molar-refractivity contribution is 9.10. The molecular formula is C20H23BrN2O2. The molecule has 0 saturated carbocycles. The van der Waals surface area contributed by atoms with Gasteiger partial charge in [-0.3, -0.25) is 9.59 Å². The summed E-state index contributed by atoms with van der Waals surface area (Å²) in [6.07, 6.45) is 1.87. The Morgan fingerprint density at radius 1 is 0.960 bits per heavy atom. The van der Waals surface area contributed by atoms with E-state index in [-0.39, 0.29) is 11.8 Å². The highest BCUT2D eigenvalue weighted by Gasteiger charge is 2.14. The number of benzene rings is 2. The van der Waals surface area contributed by atoms with Crippen molar-refractivity contribution in [3.63, 3.8) is 0 Å². The van der Waals surface area contributed by atoms with Crippen molar-refractivity contribution in [1.82, 2.24) is 4.90 Å². The lowest BCUT2D eigenvalue weighted by Crippen LogP contribution is -2.32. The maximum atomic E-state index is 12.6. The Morgan fingerprint density at radius 3 is 2.16 bits per heavy atom. The number of amides is 2. The first-order valence-corrected chi connectivity index (χ1v) is 9.30. The fourth-order valence-corrected chi connectivity index (χ4v) is 2.97. The Morgan fingerprint density at radius 2 is 1.60 bits per heavy atom. The number of anilines is 1. The fraction of sp³-hybridized carbons (Fsp3) is 0.300. The summed E-state index contributed by atoms with van der Waals surface area (Å²) in [5, 5.41) is 2.85. The normalized spacial score (nSPS) is 10.4. The second kappa shape index (κ2) is 9.37. The predicted molar refractivity (Wildman–Crippen MR) is 105 cm³/mol. The molecule has 0 aromatic heterocycles. The van der Waals surface area contributed by atoms with Crippen LogP contribution >= 0.6 is 15.9 Å². The van der Waals surface area contributed by atoms with Gasteiger partial charge in [0.15, 0.2) is 0 Å². The van der Waals surface area contributed by atoms with E-state index < -0.39 is 0 Å². The largest absolute Gasteiger partial charge is 0.339 e. The molecule has 0 bridgehead atoms. The van der Waals surface area contributed by atoms with Crippen LogP contribution < -0.4 is 5.32 Å². The molecule has 0 aliphatic heterocycles. The van der Waals surface area contributed by atoms with E-state index in [4.69, 9.17) is 0 Å². The van der Waals surface area contributed by atoms with E-state index in [2.05, 4.69) is 35.1 Å². The third kappa shape index (κ3) is 5.43. The molecule has 132 valence electrons. The third-order valence-electron chi connectivity index (χ3n) is 3.75. The quantitative estimate of drug-likeness (QED) is 0.710. The van der Waals surface area contributed by atoms with E-state index in [1.54, 1.807) is 36.4 Å². The molecule has 0 heterocycles. The van der Waals surface area contributed by atoms with Gasteiger partial charge in [-0.1, -0.05) is 35.8 Å². The van der Waals surface area contributed by atoms with Crippen molar-refractivity contribution in [2.75, 3.05) is 18.4 Å². The SMILES string of the molecule is CCCN(CCC)C(=O)c1ccc(NC(=O)c2cccc(Br)c2)cc1. The van der Waals surface area contributed by atoms with Crippen LogP contribution in [0.5, 0.6) is 0 Å². The van der Waals surface area contributed by atoms with Gasteiger partial charge in [0.1, 0.15) is 0 Å². The van der Waals surface area contributed by atoms with E-state index in [1.165, 1.54) is 0 Å². The van der Waals surface area contributed by atoms with E-state index in [0.717, 1.165) is 30.4 Å². The minimum Gasteiger partial charge on any atom is -0.339 e. The molecule has 2 amide bonds. The predicted octanol–water partition coefficient (Wildman–Crippen LogP) is 4.96. The summed E-state index contributed by atoms with van der Waals surface area (Å²) in [6, 6.07) is 14.3. The van der Waals surface area contributed by atoms with Crippen molar-refractivity contribution in [3.05, 3.63) is 64.1 Å². The molecule has 0 saturated heterocycles. The summed E-state index contributed by atoms with van der Waals surface area (Å²) in [5.74, 6) is -0.146. The molecular weight excluding hydrogens is 380 g/mol. The zero-order chi connectivity index (χ0) is 18.2. The molecule has 2 aromatic rings. The summed E-state index contributed by atoms with van der Waals surface area (Å²) in [4.78, 5) is 26.7.